The van der Waals surface area contributed by atoms with Crippen LogP contribution in [0.5, 0.6) is 5.75 Å². The van der Waals surface area contributed by atoms with Crippen molar-refractivity contribution < 1.29 is 17.9 Å². The van der Waals surface area contributed by atoms with E-state index in [4.69, 9.17) is 4.74 Å². The molecule has 0 aromatic carbocycles. The number of hydrogen-bond donors (Lipinski definition) is 0. The predicted molar refractivity (Wildman–Crippen MR) is 72.4 cm³/mol. The number of ketones is 1. The van der Waals surface area contributed by atoms with E-state index in [9.17, 15) is 13.2 Å². The quantitative estimate of drug-likeness (QED) is 0.767. The maximum absolute atomic E-state index is 12.6. The summed E-state index contributed by atoms with van der Waals surface area (Å²) in [6.45, 7) is 6.50. The smallest absolute Gasteiger partial charge is 0.205 e. The second-order valence-corrected chi connectivity index (χ2v) is 7.78. The Morgan fingerprint density at radius 3 is 2.32 bits per heavy atom. The van der Waals surface area contributed by atoms with E-state index in [1.807, 2.05) is 13.8 Å². The Kier molecular flexibility index (Phi) is 4.09. The third-order valence-corrected chi connectivity index (χ3v) is 5.20. The average molecular weight is 288 g/mol. The van der Waals surface area contributed by atoms with Crippen molar-refractivity contribution in [3.8, 4) is 5.75 Å². The standard InChI is InChI=1S/C12H20N2O4S/c1-8(2)14-10(9(18-5)7-13-14)11(15)12(3,4)19(6,16)17/h7-8H,1-6H3. The van der Waals surface area contributed by atoms with Gasteiger partial charge in [0, 0.05) is 12.3 Å². The fraction of sp³-hybridized carbons (Fsp3) is 0.667. The van der Waals surface area contributed by atoms with Crippen molar-refractivity contribution in [3.05, 3.63) is 11.9 Å². The summed E-state index contributed by atoms with van der Waals surface area (Å²) in [6.07, 6.45) is 2.47. The molecular weight excluding hydrogens is 268 g/mol. The number of methoxy groups -OCH3 is 1. The van der Waals surface area contributed by atoms with Gasteiger partial charge in [0.25, 0.3) is 0 Å². The Labute approximate surface area is 113 Å². The third-order valence-electron chi connectivity index (χ3n) is 3.16. The van der Waals surface area contributed by atoms with E-state index in [-0.39, 0.29) is 17.5 Å². The monoisotopic (exact) mass is 288 g/mol. The van der Waals surface area contributed by atoms with Gasteiger partial charge in [0.2, 0.25) is 5.78 Å². The number of carbonyl (C=O) groups excluding carboxylic acids is 1. The van der Waals surface area contributed by atoms with Gasteiger partial charge in [0.1, 0.15) is 10.4 Å². The third kappa shape index (κ3) is 2.65. The van der Waals surface area contributed by atoms with Gasteiger partial charge in [-0.3, -0.25) is 9.48 Å². The zero-order valence-corrected chi connectivity index (χ0v) is 12.9. The molecular formula is C12H20N2O4S. The lowest BCUT2D eigenvalue weighted by Crippen LogP contribution is -2.41. The zero-order valence-electron chi connectivity index (χ0n) is 12.1. The normalized spacial score (nSPS) is 12.8. The molecule has 0 spiro atoms. The topological polar surface area (TPSA) is 78.3 Å². The Bertz CT molecular complexity index is 585. The van der Waals surface area contributed by atoms with Crippen LogP contribution in [0.25, 0.3) is 0 Å². The van der Waals surface area contributed by atoms with Crippen molar-refractivity contribution in [3.63, 3.8) is 0 Å². The summed E-state index contributed by atoms with van der Waals surface area (Å²) in [5.74, 6) is -0.228. The van der Waals surface area contributed by atoms with E-state index in [2.05, 4.69) is 5.10 Å². The van der Waals surface area contributed by atoms with E-state index in [0.29, 0.717) is 0 Å². The van der Waals surface area contributed by atoms with E-state index in [1.165, 1.54) is 31.8 Å². The highest BCUT2D eigenvalue weighted by Gasteiger charge is 2.42. The first-order valence-electron chi connectivity index (χ1n) is 5.90. The van der Waals surface area contributed by atoms with Crippen LogP contribution in [-0.4, -0.2) is 42.1 Å². The molecule has 0 bridgehead atoms. The minimum atomic E-state index is -3.54. The van der Waals surface area contributed by atoms with Gasteiger partial charge in [0.05, 0.1) is 13.3 Å². The first kappa shape index (κ1) is 15.7. The Balaban J connectivity index is 3.46. The highest BCUT2D eigenvalue weighted by atomic mass is 32.2. The molecule has 19 heavy (non-hydrogen) atoms. The number of sulfone groups is 1. The van der Waals surface area contributed by atoms with Crippen molar-refractivity contribution in [1.29, 1.82) is 0 Å². The van der Waals surface area contributed by atoms with Gasteiger partial charge in [-0.25, -0.2) is 8.42 Å². The van der Waals surface area contributed by atoms with Crippen LogP contribution in [0.1, 0.15) is 44.2 Å². The molecule has 0 N–H and O–H groups in total. The van der Waals surface area contributed by atoms with Crippen LogP contribution < -0.4 is 4.74 Å². The summed E-state index contributed by atoms with van der Waals surface area (Å²) in [6, 6.07) is -0.0711. The number of ether oxygens (including phenoxy) is 1. The van der Waals surface area contributed by atoms with E-state index < -0.39 is 20.4 Å². The Morgan fingerprint density at radius 1 is 1.42 bits per heavy atom. The Hall–Kier alpha value is -1.37. The molecule has 1 heterocycles. The second-order valence-electron chi connectivity index (χ2n) is 5.21. The molecule has 1 aromatic heterocycles. The maximum atomic E-state index is 12.6. The van der Waals surface area contributed by atoms with Gasteiger partial charge in [-0.1, -0.05) is 0 Å². The van der Waals surface area contributed by atoms with Crippen LogP contribution in [0.15, 0.2) is 6.20 Å². The predicted octanol–water partition coefficient (Wildman–Crippen LogP) is 1.48. The molecule has 0 aliphatic rings. The number of rotatable bonds is 5. The van der Waals surface area contributed by atoms with Crippen LogP contribution in [0, 0.1) is 0 Å². The fourth-order valence-corrected chi connectivity index (χ4v) is 1.99. The molecule has 1 aromatic rings. The summed E-state index contributed by atoms with van der Waals surface area (Å²) in [7, 11) is -2.12. The minimum absolute atomic E-state index is 0.0711. The summed E-state index contributed by atoms with van der Waals surface area (Å²) in [5, 5.41) is 4.08. The van der Waals surface area contributed by atoms with Crippen molar-refractivity contribution >= 4 is 15.6 Å². The molecule has 0 aliphatic heterocycles. The first-order valence-corrected chi connectivity index (χ1v) is 7.79. The van der Waals surface area contributed by atoms with Gasteiger partial charge in [-0.05, 0) is 27.7 Å². The average Bonchev–Trinajstić information content (AvgIpc) is 2.69. The van der Waals surface area contributed by atoms with Crippen molar-refractivity contribution in [1.82, 2.24) is 9.78 Å². The molecule has 0 aliphatic carbocycles. The summed E-state index contributed by atoms with van der Waals surface area (Å²) in [4.78, 5) is 12.6. The van der Waals surface area contributed by atoms with Crippen molar-refractivity contribution in [2.45, 2.75) is 38.5 Å². The zero-order chi connectivity index (χ0) is 15.0. The SMILES string of the molecule is COc1cnn(C(C)C)c1C(=O)C(C)(C)S(C)(=O)=O. The van der Waals surface area contributed by atoms with E-state index in [0.717, 1.165) is 6.26 Å². The van der Waals surface area contributed by atoms with Gasteiger partial charge in [-0.2, -0.15) is 5.10 Å². The maximum Gasteiger partial charge on any atom is 0.205 e. The molecule has 0 amide bonds. The van der Waals surface area contributed by atoms with E-state index in [1.54, 1.807) is 0 Å². The minimum Gasteiger partial charge on any atom is -0.493 e. The summed E-state index contributed by atoms with van der Waals surface area (Å²) in [5.41, 5.74) is 0.188. The first-order chi connectivity index (χ1) is 8.54. The van der Waals surface area contributed by atoms with Crippen LogP contribution in [0.2, 0.25) is 0 Å². The van der Waals surface area contributed by atoms with Gasteiger partial charge in [-0.15, -0.1) is 0 Å². The van der Waals surface area contributed by atoms with Gasteiger partial charge < -0.3 is 4.74 Å². The highest BCUT2D eigenvalue weighted by molar-refractivity contribution is 7.92. The molecule has 0 saturated carbocycles. The largest absolute Gasteiger partial charge is 0.493 e. The lowest BCUT2D eigenvalue weighted by atomic mass is 10.0. The van der Waals surface area contributed by atoms with Crippen LogP contribution in [0.3, 0.4) is 0 Å². The molecule has 0 atom stereocenters. The number of hydrogen-bond acceptors (Lipinski definition) is 5. The fourth-order valence-electron chi connectivity index (χ4n) is 1.56. The lowest BCUT2D eigenvalue weighted by molar-refractivity contribution is 0.0938. The van der Waals surface area contributed by atoms with Crippen molar-refractivity contribution in [2.75, 3.05) is 13.4 Å². The number of nitrogens with zero attached hydrogens (tertiary/aromatic N) is 2. The molecule has 0 saturated heterocycles. The van der Waals surface area contributed by atoms with Crippen LogP contribution in [0.4, 0.5) is 0 Å². The van der Waals surface area contributed by atoms with Crippen LogP contribution >= 0.6 is 0 Å². The molecule has 1 rings (SSSR count). The summed E-state index contributed by atoms with van der Waals surface area (Å²) >= 11 is 0. The van der Waals surface area contributed by atoms with Crippen LogP contribution in [-0.2, 0) is 9.84 Å². The number of aromatic nitrogens is 2. The molecule has 108 valence electrons. The molecule has 7 heteroatoms. The summed E-state index contributed by atoms with van der Waals surface area (Å²) < 4.78 is 28.6. The molecule has 0 radical (unpaired) electrons. The highest BCUT2D eigenvalue weighted by Crippen LogP contribution is 2.28. The van der Waals surface area contributed by atoms with Crippen molar-refractivity contribution in [2.24, 2.45) is 0 Å². The van der Waals surface area contributed by atoms with Gasteiger partial charge in [0.15, 0.2) is 15.6 Å². The molecule has 6 nitrogen and oxygen atoms in total. The second kappa shape index (κ2) is 4.96. The molecule has 0 unspecified atom stereocenters. The number of carbonyl (C=O) groups is 1. The lowest BCUT2D eigenvalue weighted by Gasteiger charge is -2.22. The van der Waals surface area contributed by atoms with E-state index >= 15 is 0 Å². The Morgan fingerprint density at radius 2 is 1.95 bits per heavy atom. The molecule has 0 fully saturated rings. The van der Waals surface area contributed by atoms with Gasteiger partial charge >= 0.3 is 0 Å². The number of Topliss-reactive ketones (excluding diaryl/α,β-unsaturated/α-hetero) is 1.